The minimum Gasteiger partial charge on any atom is -0.310 e. The first kappa shape index (κ1) is 38.5. The monoisotopic (exact) mass is 800 g/mol. The maximum absolute atomic E-state index is 14.6. The highest BCUT2D eigenvalue weighted by molar-refractivity contribution is 5.85. The third kappa shape index (κ3) is 8.44. The average Bonchev–Trinajstić information content (AvgIpc) is 3.30. The average molecular weight is 801 g/mol. The maximum Gasteiger partial charge on any atom is 0.125 e. The van der Waals surface area contributed by atoms with Gasteiger partial charge in [-0.3, -0.25) is 0 Å². The van der Waals surface area contributed by atoms with Crippen molar-refractivity contribution in [3.63, 3.8) is 0 Å². The second-order valence-corrected chi connectivity index (χ2v) is 14.3. The molecule has 9 rings (SSSR count). The molecule has 9 aromatic carbocycles. The van der Waals surface area contributed by atoms with Gasteiger partial charge in [-0.2, -0.15) is 0 Å². The molecule has 4 nitrogen and oxygen atoms in total. The van der Waals surface area contributed by atoms with Crippen LogP contribution in [-0.2, 0) is 0 Å². The van der Waals surface area contributed by atoms with Crippen molar-refractivity contribution in [3.05, 3.63) is 254 Å². The summed E-state index contributed by atoms with van der Waals surface area (Å²) in [6, 6.07) is 73.9. The SMILES string of the molecule is Fc1cccc(N(c2ccccc2)c2ccc(N(c3ccc(N(c4ccccc4)c4cccc(F)c4)cc3)c3ccc(N(c4ccccc4)c4cccc(F)c4)cc3)cc2)c1. The molecule has 9 aromatic rings. The number of benzene rings is 9. The first-order chi connectivity index (χ1) is 30.0. The van der Waals surface area contributed by atoms with Gasteiger partial charge in [-0.25, -0.2) is 13.2 Å². The molecule has 0 aliphatic heterocycles. The summed E-state index contributed by atoms with van der Waals surface area (Å²) >= 11 is 0. The minimum absolute atomic E-state index is 0.320. The second-order valence-electron chi connectivity index (χ2n) is 14.3. The van der Waals surface area contributed by atoms with E-state index >= 15 is 0 Å². The van der Waals surface area contributed by atoms with Gasteiger partial charge in [-0.05, 0) is 164 Å². The van der Waals surface area contributed by atoms with Crippen LogP contribution in [0.2, 0.25) is 0 Å². The highest BCUT2D eigenvalue weighted by Gasteiger charge is 2.20. The van der Waals surface area contributed by atoms with Crippen LogP contribution in [0.1, 0.15) is 0 Å². The standard InChI is InChI=1S/C54H39F3N4/c55-40-13-10-22-52(37-40)59(43-16-4-1-5-17-43)49-31-25-46(26-32-49)58(47-27-33-50(34-28-47)60(44-18-6-2-7-19-44)53-23-11-14-41(56)38-53)48-29-35-51(36-30-48)61(45-20-8-3-9-21-45)54-24-12-15-42(57)39-54/h1-39H. The highest BCUT2D eigenvalue weighted by Crippen LogP contribution is 2.43. The summed E-state index contributed by atoms with van der Waals surface area (Å²) in [5.41, 5.74) is 9.99. The van der Waals surface area contributed by atoms with Gasteiger partial charge in [0.15, 0.2) is 0 Å². The number of rotatable bonds is 12. The molecule has 0 heterocycles. The van der Waals surface area contributed by atoms with E-state index in [9.17, 15) is 13.2 Å². The first-order valence-corrected chi connectivity index (χ1v) is 19.9. The fourth-order valence-corrected chi connectivity index (χ4v) is 7.62. The molecule has 61 heavy (non-hydrogen) atoms. The van der Waals surface area contributed by atoms with Crippen LogP contribution in [0.15, 0.2) is 237 Å². The largest absolute Gasteiger partial charge is 0.310 e. The topological polar surface area (TPSA) is 13.0 Å². The molecule has 0 bridgehead atoms. The molecular formula is C54H39F3N4. The van der Waals surface area contributed by atoms with Gasteiger partial charge in [-0.15, -0.1) is 0 Å². The molecule has 296 valence electrons. The molecule has 0 amide bonds. The third-order valence-corrected chi connectivity index (χ3v) is 10.3. The molecular weight excluding hydrogens is 762 g/mol. The Balaban J connectivity index is 1.14. The molecule has 0 fully saturated rings. The Labute approximate surface area is 353 Å². The van der Waals surface area contributed by atoms with Crippen LogP contribution in [0, 0.1) is 17.5 Å². The van der Waals surface area contributed by atoms with Gasteiger partial charge in [0, 0.05) is 68.2 Å². The second kappa shape index (κ2) is 17.4. The summed E-state index contributed by atoms with van der Waals surface area (Å²) in [5.74, 6) is -0.960. The quantitative estimate of drug-likeness (QED) is 0.122. The lowest BCUT2D eigenvalue weighted by Gasteiger charge is -2.30. The first-order valence-electron chi connectivity index (χ1n) is 19.9. The summed E-state index contributed by atoms with van der Waals surface area (Å²) in [6.07, 6.45) is 0. The number of para-hydroxylation sites is 3. The molecule has 0 saturated carbocycles. The van der Waals surface area contributed by atoms with E-state index in [2.05, 4.69) is 41.3 Å². The van der Waals surface area contributed by atoms with Crippen molar-refractivity contribution in [2.24, 2.45) is 0 Å². The van der Waals surface area contributed by atoms with E-state index in [0.717, 1.165) is 51.2 Å². The van der Waals surface area contributed by atoms with E-state index in [-0.39, 0.29) is 17.5 Å². The van der Waals surface area contributed by atoms with E-state index in [1.165, 1.54) is 36.4 Å². The van der Waals surface area contributed by atoms with Gasteiger partial charge in [0.25, 0.3) is 0 Å². The van der Waals surface area contributed by atoms with Crippen molar-refractivity contribution in [2.45, 2.75) is 0 Å². The van der Waals surface area contributed by atoms with Gasteiger partial charge < -0.3 is 19.6 Å². The Hall–Kier alpha value is -8.03. The van der Waals surface area contributed by atoms with Gasteiger partial charge in [0.2, 0.25) is 0 Å². The molecule has 0 spiro atoms. The lowest BCUT2D eigenvalue weighted by atomic mass is 10.1. The van der Waals surface area contributed by atoms with Crippen LogP contribution >= 0.6 is 0 Å². The number of hydrogen-bond acceptors (Lipinski definition) is 4. The lowest BCUT2D eigenvalue weighted by Crippen LogP contribution is -2.14. The van der Waals surface area contributed by atoms with E-state index in [1.807, 2.05) is 160 Å². The normalized spacial score (nSPS) is 10.9. The van der Waals surface area contributed by atoms with Gasteiger partial charge >= 0.3 is 0 Å². The van der Waals surface area contributed by atoms with Crippen LogP contribution in [-0.4, -0.2) is 0 Å². The zero-order valence-corrected chi connectivity index (χ0v) is 32.9. The van der Waals surface area contributed by atoms with Crippen molar-refractivity contribution in [1.82, 2.24) is 0 Å². The third-order valence-electron chi connectivity index (χ3n) is 10.3. The van der Waals surface area contributed by atoms with Crippen molar-refractivity contribution in [1.29, 1.82) is 0 Å². The van der Waals surface area contributed by atoms with Crippen molar-refractivity contribution >= 4 is 68.2 Å². The molecule has 0 aliphatic rings. The molecule has 7 heteroatoms. The maximum atomic E-state index is 14.6. The van der Waals surface area contributed by atoms with Gasteiger partial charge in [0.1, 0.15) is 17.5 Å². The van der Waals surface area contributed by atoms with E-state index in [1.54, 1.807) is 18.2 Å². The van der Waals surface area contributed by atoms with Gasteiger partial charge in [-0.1, -0.05) is 72.8 Å². The summed E-state index contributed by atoms with van der Waals surface area (Å²) in [6.45, 7) is 0. The van der Waals surface area contributed by atoms with Gasteiger partial charge in [0.05, 0.1) is 0 Å². The van der Waals surface area contributed by atoms with Crippen LogP contribution in [0.5, 0.6) is 0 Å². The number of anilines is 12. The molecule has 0 atom stereocenters. The van der Waals surface area contributed by atoms with E-state index < -0.39 is 0 Å². The summed E-state index contributed by atoms with van der Waals surface area (Å²) < 4.78 is 43.8. The Morgan fingerprint density at radius 3 is 0.574 bits per heavy atom. The predicted octanol–water partition coefficient (Wildman–Crippen LogP) is 16.0. The Morgan fingerprint density at radius 1 is 0.180 bits per heavy atom. The Kier molecular flexibility index (Phi) is 11.0. The Bertz CT molecular complexity index is 2520. The number of halogens is 3. The van der Waals surface area contributed by atoms with Crippen LogP contribution in [0.4, 0.5) is 81.4 Å². The zero-order valence-electron chi connectivity index (χ0n) is 32.9. The number of nitrogens with zero attached hydrogens (tertiary/aromatic N) is 4. The summed E-state index contributed by atoms with van der Waals surface area (Å²) in [7, 11) is 0. The minimum atomic E-state index is -0.320. The molecule has 0 saturated heterocycles. The fourth-order valence-electron chi connectivity index (χ4n) is 7.62. The molecule has 0 aliphatic carbocycles. The van der Waals surface area contributed by atoms with Crippen molar-refractivity contribution in [2.75, 3.05) is 19.6 Å². The molecule has 0 aromatic heterocycles. The van der Waals surface area contributed by atoms with E-state index in [4.69, 9.17) is 0 Å². The Morgan fingerprint density at radius 2 is 0.361 bits per heavy atom. The van der Waals surface area contributed by atoms with E-state index in [0.29, 0.717) is 17.1 Å². The fraction of sp³-hybridized carbons (Fsp3) is 0. The smallest absolute Gasteiger partial charge is 0.125 e. The highest BCUT2D eigenvalue weighted by atomic mass is 19.1. The summed E-state index contributed by atoms with van der Waals surface area (Å²) in [4.78, 5) is 8.23. The van der Waals surface area contributed by atoms with Crippen molar-refractivity contribution in [3.8, 4) is 0 Å². The lowest BCUT2D eigenvalue weighted by molar-refractivity contribution is 0.627. The molecule has 0 radical (unpaired) electrons. The van der Waals surface area contributed by atoms with Crippen LogP contribution < -0.4 is 19.6 Å². The number of hydrogen-bond donors (Lipinski definition) is 0. The summed E-state index contributed by atoms with van der Waals surface area (Å²) in [5, 5.41) is 0. The predicted molar refractivity (Wildman–Crippen MR) is 245 cm³/mol. The van der Waals surface area contributed by atoms with Crippen LogP contribution in [0.25, 0.3) is 0 Å². The molecule has 0 N–H and O–H groups in total. The van der Waals surface area contributed by atoms with Crippen LogP contribution in [0.3, 0.4) is 0 Å². The molecule has 0 unspecified atom stereocenters. The zero-order chi connectivity index (χ0) is 41.5. The van der Waals surface area contributed by atoms with Crippen molar-refractivity contribution < 1.29 is 13.2 Å².